The lowest BCUT2D eigenvalue weighted by Gasteiger charge is -2.30. The van der Waals surface area contributed by atoms with E-state index in [2.05, 4.69) is 10.3 Å². The van der Waals surface area contributed by atoms with Gasteiger partial charge in [0.15, 0.2) is 11.6 Å². The Hall–Kier alpha value is -2.97. The lowest BCUT2D eigenvalue weighted by Crippen LogP contribution is -2.40. The predicted molar refractivity (Wildman–Crippen MR) is 105 cm³/mol. The third kappa shape index (κ3) is 4.29. The summed E-state index contributed by atoms with van der Waals surface area (Å²) in [6, 6.07) is 2.49. The smallest absolute Gasteiger partial charge is 0.321 e. The average Bonchev–Trinajstić information content (AvgIpc) is 3.37. The molecule has 3 amide bonds. The van der Waals surface area contributed by atoms with E-state index in [1.54, 1.807) is 16.7 Å². The highest BCUT2D eigenvalue weighted by Gasteiger charge is 2.30. The Bertz CT molecular complexity index is 927. The number of hydrogen-bond acceptors (Lipinski definition) is 4. The molecule has 0 aliphatic carbocycles. The third-order valence-corrected chi connectivity index (χ3v) is 5.65. The molecule has 0 spiro atoms. The monoisotopic (exact) mass is 418 g/mol. The topological polar surface area (TPSA) is 78.7 Å². The number of likely N-dealkylation sites (tertiary alicyclic amines) is 2. The standard InChI is InChI=1S/C21H24F2N4O3/c1-13-18(20(28)26-6-2-3-7-26)25-19(30-13)14-4-8-27(9-5-14)21(29)24-17-11-15(22)10-16(23)12-17/h10-12,14H,2-9H2,1H3,(H,24,29). The van der Waals surface area contributed by atoms with Crippen LogP contribution in [0.15, 0.2) is 22.6 Å². The van der Waals surface area contributed by atoms with E-state index in [4.69, 9.17) is 4.42 Å². The first kappa shape index (κ1) is 20.3. The molecule has 0 saturated carbocycles. The zero-order valence-electron chi connectivity index (χ0n) is 16.8. The van der Waals surface area contributed by atoms with Crippen LogP contribution in [0.2, 0.25) is 0 Å². The van der Waals surface area contributed by atoms with Crippen LogP contribution in [-0.4, -0.2) is 52.9 Å². The molecule has 2 aliphatic heterocycles. The van der Waals surface area contributed by atoms with E-state index >= 15 is 0 Å². The Morgan fingerprint density at radius 1 is 1.03 bits per heavy atom. The number of benzene rings is 1. The molecule has 30 heavy (non-hydrogen) atoms. The molecule has 7 nitrogen and oxygen atoms in total. The van der Waals surface area contributed by atoms with Crippen LogP contribution in [0.3, 0.4) is 0 Å². The average molecular weight is 418 g/mol. The number of nitrogens with one attached hydrogen (secondary N) is 1. The van der Waals surface area contributed by atoms with E-state index < -0.39 is 17.7 Å². The zero-order chi connectivity index (χ0) is 21.3. The van der Waals surface area contributed by atoms with Gasteiger partial charge in [-0.05, 0) is 44.7 Å². The molecule has 2 fully saturated rings. The van der Waals surface area contributed by atoms with E-state index in [0.29, 0.717) is 43.3 Å². The first-order valence-corrected chi connectivity index (χ1v) is 10.2. The second kappa shape index (κ2) is 8.41. The van der Waals surface area contributed by atoms with Crippen LogP contribution in [0, 0.1) is 18.6 Å². The number of anilines is 1. The Morgan fingerprint density at radius 3 is 2.30 bits per heavy atom. The van der Waals surface area contributed by atoms with Crippen LogP contribution in [0.5, 0.6) is 0 Å². The van der Waals surface area contributed by atoms with Gasteiger partial charge in [0.1, 0.15) is 17.4 Å². The summed E-state index contributed by atoms with van der Waals surface area (Å²) in [4.78, 5) is 32.9. The molecule has 4 rings (SSSR count). The van der Waals surface area contributed by atoms with Gasteiger partial charge in [-0.15, -0.1) is 0 Å². The molecule has 2 aliphatic rings. The summed E-state index contributed by atoms with van der Waals surface area (Å²) in [6.07, 6.45) is 3.28. The number of nitrogens with zero attached hydrogens (tertiary/aromatic N) is 3. The van der Waals surface area contributed by atoms with Gasteiger partial charge in [-0.3, -0.25) is 4.79 Å². The third-order valence-electron chi connectivity index (χ3n) is 5.65. The highest BCUT2D eigenvalue weighted by Crippen LogP contribution is 2.30. The number of halogens is 2. The van der Waals surface area contributed by atoms with Crippen molar-refractivity contribution in [1.82, 2.24) is 14.8 Å². The lowest BCUT2D eigenvalue weighted by molar-refractivity contribution is 0.0786. The molecular weight excluding hydrogens is 394 g/mol. The fourth-order valence-electron chi connectivity index (χ4n) is 4.02. The molecule has 0 radical (unpaired) electrons. The van der Waals surface area contributed by atoms with Crippen molar-refractivity contribution in [2.45, 2.75) is 38.5 Å². The Labute approximate surface area is 173 Å². The van der Waals surface area contributed by atoms with Gasteiger partial charge in [-0.25, -0.2) is 18.6 Å². The number of rotatable bonds is 3. The zero-order valence-corrected chi connectivity index (χ0v) is 16.8. The number of piperidine rings is 1. The van der Waals surface area contributed by atoms with Crippen LogP contribution in [0.1, 0.15) is 53.7 Å². The molecule has 0 unspecified atom stereocenters. The van der Waals surface area contributed by atoms with Gasteiger partial charge in [-0.2, -0.15) is 0 Å². The summed E-state index contributed by atoms with van der Waals surface area (Å²) in [5.74, 6) is -0.513. The van der Waals surface area contributed by atoms with E-state index in [-0.39, 0.29) is 17.5 Å². The molecule has 3 heterocycles. The van der Waals surface area contributed by atoms with Crippen LogP contribution < -0.4 is 5.32 Å². The van der Waals surface area contributed by atoms with Crippen molar-refractivity contribution in [2.24, 2.45) is 0 Å². The predicted octanol–water partition coefficient (Wildman–Crippen LogP) is 3.91. The maximum atomic E-state index is 13.3. The van der Waals surface area contributed by atoms with E-state index in [0.717, 1.165) is 44.1 Å². The van der Waals surface area contributed by atoms with Gasteiger partial charge < -0.3 is 19.5 Å². The minimum atomic E-state index is -0.748. The second-order valence-electron chi connectivity index (χ2n) is 7.81. The van der Waals surface area contributed by atoms with Crippen LogP contribution >= 0.6 is 0 Å². The SMILES string of the molecule is Cc1oc(C2CCN(C(=O)Nc3cc(F)cc(F)c3)CC2)nc1C(=O)N1CCCC1. The maximum absolute atomic E-state index is 13.3. The van der Waals surface area contributed by atoms with E-state index in [1.807, 2.05) is 0 Å². The number of aromatic nitrogens is 1. The molecule has 1 aromatic carbocycles. The molecule has 9 heteroatoms. The van der Waals surface area contributed by atoms with Crippen molar-refractivity contribution in [3.8, 4) is 0 Å². The first-order chi connectivity index (χ1) is 14.4. The highest BCUT2D eigenvalue weighted by molar-refractivity contribution is 5.93. The number of hydrogen-bond donors (Lipinski definition) is 1. The number of oxazole rings is 1. The largest absolute Gasteiger partial charge is 0.445 e. The number of carbonyl (C=O) groups is 2. The lowest BCUT2D eigenvalue weighted by atomic mass is 9.97. The van der Waals surface area contributed by atoms with Crippen LogP contribution in [0.25, 0.3) is 0 Å². The Morgan fingerprint density at radius 2 is 1.67 bits per heavy atom. The number of carbonyl (C=O) groups excluding carboxylic acids is 2. The number of amides is 3. The van der Waals surface area contributed by atoms with Crippen molar-refractivity contribution >= 4 is 17.6 Å². The maximum Gasteiger partial charge on any atom is 0.321 e. The molecular formula is C21H24F2N4O3. The summed E-state index contributed by atoms with van der Waals surface area (Å²) in [6.45, 7) is 4.16. The van der Waals surface area contributed by atoms with Gasteiger partial charge in [0, 0.05) is 43.9 Å². The van der Waals surface area contributed by atoms with Crippen molar-refractivity contribution in [3.63, 3.8) is 0 Å². The van der Waals surface area contributed by atoms with Crippen molar-refractivity contribution < 1.29 is 22.8 Å². The number of aryl methyl sites for hydroxylation is 1. The van der Waals surface area contributed by atoms with Gasteiger partial charge in [0.2, 0.25) is 0 Å². The van der Waals surface area contributed by atoms with Gasteiger partial charge in [0.05, 0.1) is 0 Å². The van der Waals surface area contributed by atoms with Gasteiger partial charge in [0.25, 0.3) is 5.91 Å². The Balaban J connectivity index is 1.35. The quantitative estimate of drug-likeness (QED) is 0.820. The van der Waals surface area contributed by atoms with E-state index in [1.165, 1.54) is 0 Å². The molecule has 1 aromatic heterocycles. The molecule has 2 saturated heterocycles. The molecule has 0 atom stereocenters. The van der Waals surface area contributed by atoms with Crippen LogP contribution in [-0.2, 0) is 0 Å². The normalized spacial score (nSPS) is 17.4. The summed E-state index contributed by atoms with van der Waals surface area (Å²) >= 11 is 0. The van der Waals surface area contributed by atoms with Crippen molar-refractivity contribution in [1.29, 1.82) is 0 Å². The number of urea groups is 1. The van der Waals surface area contributed by atoms with Gasteiger partial charge in [-0.1, -0.05) is 0 Å². The van der Waals surface area contributed by atoms with Crippen molar-refractivity contribution in [3.05, 3.63) is 47.2 Å². The fourth-order valence-corrected chi connectivity index (χ4v) is 4.02. The van der Waals surface area contributed by atoms with Crippen molar-refractivity contribution in [2.75, 3.05) is 31.5 Å². The molecule has 1 N–H and O–H groups in total. The summed E-state index contributed by atoms with van der Waals surface area (Å²) in [7, 11) is 0. The Kier molecular flexibility index (Phi) is 5.69. The second-order valence-corrected chi connectivity index (χ2v) is 7.81. The van der Waals surface area contributed by atoms with Gasteiger partial charge >= 0.3 is 6.03 Å². The highest BCUT2D eigenvalue weighted by atomic mass is 19.1. The van der Waals surface area contributed by atoms with Crippen LogP contribution in [0.4, 0.5) is 19.3 Å². The summed E-state index contributed by atoms with van der Waals surface area (Å²) in [5.41, 5.74) is 0.452. The minimum absolute atomic E-state index is 0.0134. The molecule has 0 bridgehead atoms. The van der Waals surface area contributed by atoms with E-state index in [9.17, 15) is 18.4 Å². The first-order valence-electron chi connectivity index (χ1n) is 10.2. The molecule has 160 valence electrons. The fraction of sp³-hybridized carbons (Fsp3) is 0.476. The molecule has 2 aromatic rings. The summed E-state index contributed by atoms with van der Waals surface area (Å²) in [5, 5.41) is 2.53. The summed E-state index contributed by atoms with van der Waals surface area (Å²) < 4.78 is 32.4. The minimum Gasteiger partial charge on any atom is -0.445 e.